The maximum Gasteiger partial charge on any atom is 0.205 e. The van der Waals surface area contributed by atoms with Gasteiger partial charge >= 0.3 is 0 Å². The highest BCUT2D eigenvalue weighted by Crippen LogP contribution is 2.39. The number of rotatable bonds is 7. The van der Waals surface area contributed by atoms with Crippen LogP contribution in [0.15, 0.2) is 58.1 Å². The first kappa shape index (κ1) is 17.6. The first-order valence-electron chi connectivity index (χ1n) is 9.06. The number of benzene rings is 2. The van der Waals surface area contributed by atoms with E-state index in [0.717, 1.165) is 34.9 Å². The van der Waals surface area contributed by atoms with Gasteiger partial charge in [-0.2, -0.15) is 0 Å². The van der Waals surface area contributed by atoms with Crippen molar-refractivity contribution in [1.29, 1.82) is 0 Å². The lowest BCUT2D eigenvalue weighted by Gasteiger charge is -2.10. The van der Waals surface area contributed by atoms with Crippen molar-refractivity contribution in [2.45, 2.75) is 36.4 Å². The SMILES string of the molecule is Clc1ccccc1OCc1nnc(SCc2nc3ccccc3o2)n1C1CC1. The summed E-state index contributed by atoms with van der Waals surface area (Å²) in [6, 6.07) is 15.6. The van der Waals surface area contributed by atoms with E-state index in [9.17, 15) is 0 Å². The lowest BCUT2D eigenvalue weighted by Crippen LogP contribution is -2.07. The predicted octanol–water partition coefficient (Wildman–Crippen LogP) is 5.28. The fraction of sp³-hybridized carbons (Fsp3) is 0.250. The van der Waals surface area contributed by atoms with E-state index in [1.165, 1.54) is 0 Å². The van der Waals surface area contributed by atoms with Gasteiger partial charge in [0.05, 0.1) is 10.8 Å². The fourth-order valence-electron chi connectivity index (χ4n) is 3.02. The Kier molecular flexibility index (Phi) is 4.70. The van der Waals surface area contributed by atoms with Gasteiger partial charge in [0.1, 0.15) is 17.9 Å². The summed E-state index contributed by atoms with van der Waals surface area (Å²) in [4.78, 5) is 4.53. The van der Waals surface area contributed by atoms with Crippen LogP contribution in [-0.2, 0) is 12.4 Å². The van der Waals surface area contributed by atoms with Crippen molar-refractivity contribution < 1.29 is 9.15 Å². The summed E-state index contributed by atoms with van der Waals surface area (Å²) in [6.07, 6.45) is 2.27. The number of nitrogens with zero attached hydrogens (tertiary/aromatic N) is 4. The molecule has 8 heteroatoms. The molecule has 2 aromatic carbocycles. The van der Waals surface area contributed by atoms with E-state index in [0.29, 0.717) is 35.1 Å². The van der Waals surface area contributed by atoms with Crippen molar-refractivity contribution in [3.63, 3.8) is 0 Å². The van der Waals surface area contributed by atoms with Crippen LogP contribution < -0.4 is 4.74 Å². The Morgan fingerprint density at radius 3 is 2.75 bits per heavy atom. The zero-order valence-electron chi connectivity index (χ0n) is 14.9. The number of oxazole rings is 1. The van der Waals surface area contributed by atoms with Gasteiger partial charge < -0.3 is 9.15 Å². The molecule has 1 saturated carbocycles. The average Bonchev–Trinajstić information content (AvgIpc) is 3.33. The van der Waals surface area contributed by atoms with Crippen LogP contribution in [-0.4, -0.2) is 19.7 Å². The van der Waals surface area contributed by atoms with Crippen molar-refractivity contribution in [3.8, 4) is 5.75 Å². The van der Waals surface area contributed by atoms with Crippen LogP contribution in [0.4, 0.5) is 0 Å². The highest BCUT2D eigenvalue weighted by atomic mass is 35.5. The lowest BCUT2D eigenvalue weighted by molar-refractivity contribution is 0.288. The third-order valence-corrected chi connectivity index (χ3v) is 5.74. The second kappa shape index (κ2) is 7.48. The van der Waals surface area contributed by atoms with Crippen LogP contribution in [0.25, 0.3) is 11.1 Å². The molecule has 2 heterocycles. The van der Waals surface area contributed by atoms with Crippen LogP contribution in [0.2, 0.25) is 5.02 Å². The maximum absolute atomic E-state index is 6.17. The molecule has 0 spiro atoms. The van der Waals surface area contributed by atoms with Gasteiger partial charge in [-0.1, -0.05) is 47.6 Å². The number of para-hydroxylation sites is 3. The van der Waals surface area contributed by atoms with Gasteiger partial charge in [-0.25, -0.2) is 4.98 Å². The number of hydrogen-bond acceptors (Lipinski definition) is 6. The van der Waals surface area contributed by atoms with E-state index in [2.05, 4.69) is 19.7 Å². The second-order valence-corrected chi connectivity index (χ2v) is 7.93. The van der Waals surface area contributed by atoms with Crippen LogP contribution >= 0.6 is 23.4 Å². The second-order valence-electron chi connectivity index (χ2n) is 6.58. The molecular weight excluding hydrogens is 396 g/mol. The predicted molar refractivity (Wildman–Crippen MR) is 108 cm³/mol. The molecule has 0 saturated heterocycles. The molecule has 2 aromatic heterocycles. The number of hydrogen-bond donors (Lipinski definition) is 0. The molecule has 0 aliphatic heterocycles. The Balaban J connectivity index is 1.31. The molecule has 0 radical (unpaired) electrons. The number of halogens is 1. The minimum absolute atomic E-state index is 0.330. The van der Waals surface area contributed by atoms with E-state index >= 15 is 0 Å². The van der Waals surface area contributed by atoms with Crippen LogP contribution in [0.3, 0.4) is 0 Å². The molecular formula is C20H17ClN4O2S. The zero-order valence-corrected chi connectivity index (χ0v) is 16.5. The highest BCUT2D eigenvalue weighted by Gasteiger charge is 2.30. The van der Waals surface area contributed by atoms with Crippen molar-refractivity contribution in [3.05, 3.63) is 65.3 Å². The number of fused-ring (bicyclic) bond motifs is 1. The van der Waals surface area contributed by atoms with Crippen molar-refractivity contribution in [2.75, 3.05) is 0 Å². The van der Waals surface area contributed by atoms with E-state index in [1.807, 2.05) is 48.5 Å². The molecule has 0 amide bonds. The van der Waals surface area contributed by atoms with Gasteiger partial charge in [-0.3, -0.25) is 4.57 Å². The summed E-state index contributed by atoms with van der Waals surface area (Å²) >= 11 is 7.75. The largest absolute Gasteiger partial charge is 0.484 e. The lowest BCUT2D eigenvalue weighted by atomic mass is 10.3. The molecule has 0 N–H and O–H groups in total. The fourth-order valence-corrected chi connectivity index (χ4v) is 4.07. The standard InChI is InChI=1S/C20H17ClN4O2S/c21-14-5-1-3-7-16(14)26-11-18-23-24-20(25(18)13-9-10-13)28-12-19-22-15-6-2-4-8-17(15)27-19/h1-8,13H,9-12H2. The Labute approximate surface area is 170 Å². The normalized spacial score (nSPS) is 13.9. The van der Waals surface area contributed by atoms with E-state index in [4.69, 9.17) is 20.8 Å². The summed E-state index contributed by atoms with van der Waals surface area (Å²) in [6.45, 7) is 0.330. The topological polar surface area (TPSA) is 66.0 Å². The molecule has 28 heavy (non-hydrogen) atoms. The Morgan fingerprint density at radius 1 is 1.11 bits per heavy atom. The maximum atomic E-state index is 6.17. The minimum atomic E-state index is 0.330. The number of ether oxygens (including phenoxy) is 1. The van der Waals surface area contributed by atoms with Gasteiger partial charge in [0.15, 0.2) is 16.6 Å². The molecule has 1 aliphatic rings. The molecule has 5 rings (SSSR count). The summed E-state index contributed by atoms with van der Waals surface area (Å²) in [5.74, 6) is 2.74. The summed E-state index contributed by atoms with van der Waals surface area (Å²) in [5, 5.41) is 10.2. The molecule has 142 valence electrons. The molecule has 0 atom stereocenters. The van der Waals surface area contributed by atoms with Crippen molar-refractivity contribution >= 4 is 34.5 Å². The number of thioether (sulfide) groups is 1. The van der Waals surface area contributed by atoms with E-state index in [-0.39, 0.29) is 0 Å². The van der Waals surface area contributed by atoms with Crippen LogP contribution in [0.1, 0.15) is 30.6 Å². The molecule has 0 unspecified atom stereocenters. The first-order chi connectivity index (χ1) is 13.8. The van der Waals surface area contributed by atoms with Crippen LogP contribution in [0, 0.1) is 0 Å². The Hall–Kier alpha value is -2.51. The number of aromatic nitrogens is 4. The van der Waals surface area contributed by atoms with Gasteiger partial charge in [-0.15, -0.1) is 10.2 Å². The Bertz CT molecular complexity index is 1090. The van der Waals surface area contributed by atoms with Gasteiger partial charge in [0.25, 0.3) is 0 Å². The third kappa shape index (κ3) is 3.59. The molecule has 1 fully saturated rings. The summed E-state index contributed by atoms with van der Waals surface area (Å²) in [7, 11) is 0. The molecule has 4 aromatic rings. The Morgan fingerprint density at radius 2 is 1.93 bits per heavy atom. The third-order valence-electron chi connectivity index (χ3n) is 4.50. The average molecular weight is 413 g/mol. The monoisotopic (exact) mass is 412 g/mol. The van der Waals surface area contributed by atoms with Gasteiger partial charge in [0.2, 0.25) is 5.89 Å². The molecule has 0 bridgehead atoms. The van der Waals surface area contributed by atoms with Gasteiger partial charge in [0, 0.05) is 6.04 Å². The van der Waals surface area contributed by atoms with Crippen molar-refractivity contribution in [1.82, 2.24) is 19.7 Å². The zero-order chi connectivity index (χ0) is 18.9. The summed E-state index contributed by atoms with van der Waals surface area (Å²) in [5.41, 5.74) is 1.67. The van der Waals surface area contributed by atoms with Crippen molar-refractivity contribution in [2.24, 2.45) is 0 Å². The quantitative estimate of drug-likeness (QED) is 0.385. The van der Waals surface area contributed by atoms with E-state index in [1.54, 1.807) is 11.8 Å². The summed E-state index contributed by atoms with van der Waals surface area (Å²) < 4.78 is 13.8. The molecule has 1 aliphatic carbocycles. The minimum Gasteiger partial charge on any atom is -0.484 e. The first-order valence-corrected chi connectivity index (χ1v) is 10.4. The smallest absolute Gasteiger partial charge is 0.205 e. The molecule has 6 nitrogen and oxygen atoms in total. The van der Waals surface area contributed by atoms with E-state index < -0.39 is 0 Å². The highest BCUT2D eigenvalue weighted by molar-refractivity contribution is 7.98. The van der Waals surface area contributed by atoms with Crippen LogP contribution in [0.5, 0.6) is 5.75 Å². The van der Waals surface area contributed by atoms with Gasteiger partial charge in [-0.05, 0) is 37.1 Å².